The van der Waals surface area contributed by atoms with Crippen molar-refractivity contribution in [1.82, 2.24) is 9.97 Å². The van der Waals surface area contributed by atoms with Gasteiger partial charge in [-0.1, -0.05) is 30.7 Å². The first-order chi connectivity index (χ1) is 13.3. The number of aliphatic imine (C=N–C) groups is 1. The quantitative estimate of drug-likeness (QED) is 0.630. The summed E-state index contributed by atoms with van der Waals surface area (Å²) in [6, 6.07) is 2.80. The van der Waals surface area contributed by atoms with Gasteiger partial charge >= 0.3 is 6.18 Å². The average Bonchev–Trinajstić information content (AvgIpc) is 3.08. The van der Waals surface area contributed by atoms with Crippen molar-refractivity contribution in [3.05, 3.63) is 70.4 Å². The maximum Gasteiger partial charge on any atom is 0.417 e. The number of hydrogen-bond donors (Lipinski definition) is 1. The lowest BCUT2D eigenvalue weighted by atomic mass is 10.0. The number of thioether (sulfide) groups is 1. The Balaban J connectivity index is 2.06. The van der Waals surface area contributed by atoms with Crippen LogP contribution in [0.25, 0.3) is 16.7 Å². The molecule has 0 aromatic carbocycles. The molecular formula is C21H20F3N3S. The number of fused-ring (bicyclic) bond motifs is 1. The molecule has 0 amide bonds. The van der Waals surface area contributed by atoms with Gasteiger partial charge in [0.05, 0.1) is 33.7 Å². The second-order valence-electron chi connectivity index (χ2n) is 6.26. The molecule has 2 aromatic rings. The van der Waals surface area contributed by atoms with Crippen LogP contribution in [0.1, 0.15) is 32.0 Å². The van der Waals surface area contributed by atoms with Crippen LogP contribution in [-0.2, 0) is 6.18 Å². The molecule has 1 aliphatic carbocycles. The predicted octanol–water partition coefficient (Wildman–Crippen LogP) is 6.54. The highest BCUT2D eigenvalue weighted by Gasteiger charge is 2.31. The Morgan fingerprint density at radius 2 is 2.07 bits per heavy atom. The van der Waals surface area contributed by atoms with Crippen molar-refractivity contribution in [2.24, 2.45) is 4.99 Å². The molecule has 3 nitrogen and oxygen atoms in total. The van der Waals surface area contributed by atoms with Gasteiger partial charge in [-0.15, -0.1) is 11.8 Å². The van der Waals surface area contributed by atoms with Crippen molar-refractivity contribution in [2.75, 3.05) is 5.75 Å². The van der Waals surface area contributed by atoms with Crippen molar-refractivity contribution in [3.8, 4) is 0 Å². The Kier molecular flexibility index (Phi) is 5.93. The summed E-state index contributed by atoms with van der Waals surface area (Å²) < 4.78 is 38.9. The zero-order chi connectivity index (χ0) is 20.3. The van der Waals surface area contributed by atoms with E-state index in [1.54, 1.807) is 17.8 Å². The Bertz CT molecular complexity index is 1040. The van der Waals surface area contributed by atoms with Gasteiger partial charge in [-0.2, -0.15) is 13.2 Å². The Morgan fingerprint density at radius 3 is 2.75 bits per heavy atom. The van der Waals surface area contributed by atoms with Crippen molar-refractivity contribution in [2.45, 2.75) is 26.9 Å². The van der Waals surface area contributed by atoms with Gasteiger partial charge in [0.25, 0.3) is 0 Å². The minimum absolute atomic E-state index is 0.332. The molecule has 1 aliphatic rings. The standard InChI is InChI=1S/C21H20F3N3S/c1-4-14-8-13(3)6-7-16(14)26-20(12-28-5-2)19-10-17-18(27-19)9-15(11-25-17)21(22,23)24/h4,6-12,27H,5H2,1-3H3/b14-4-,20-12+,26-16-. The van der Waals surface area contributed by atoms with E-state index in [2.05, 4.69) is 9.97 Å². The van der Waals surface area contributed by atoms with E-state index in [1.165, 1.54) is 0 Å². The van der Waals surface area contributed by atoms with Crippen LogP contribution in [0, 0.1) is 0 Å². The molecule has 0 saturated carbocycles. The summed E-state index contributed by atoms with van der Waals surface area (Å²) in [6.07, 6.45) is 4.38. The molecule has 0 unspecified atom stereocenters. The Labute approximate surface area is 165 Å². The molecule has 28 heavy (non-hydrogen) atoms. The number of allylic oxidation sites excluding steroid dienone is 6. The summed E-state index contributed by atoms with van der Waals surface area (Å²) in [5.41, 5.74) is 4.25. The zero-order valence-electron chi connectivity index (χ0n) is 15.8. The van der Waals surface area contributed by atoms with Gasteiger partial charge in [-0.3, -0.25) is 4.98 Å². The van der Waals surface area contributed by atoms with Crippen LogP contribution in [0.4, 0.5) is 13.2 Å². The number of nitrogens with zero attached hydrogens (tertiary/aromatic N) is 2. The lowest BCUT2D eigenvalue weighted by Gasteiger charge is -2.10. The fourth-order valence-electron chi connectivity index (χ4n) is 2.75. The number of alkyl halides is 3. The summed E-state index contributed by atoms with van der Waals surface area (Å²) in [7, 11) is 0. The molecule has 0 spiro atoms. The number of aromatic nitrogens is 2. The number of aromatic amines is 1. The molecule has 0 radical (unpaired) electrons. The zero-order valence-corrected chi connectivity index (χ0v) is 16.6. The van der Waals surface area contributed by atoms with Crippen molar-refractivity contribution in [1.29, 1.82) is 0 Å². The van der Waals surface area contributed by atoms with Gasteiger partial charge in [0.1, 0.15) is 0 Å². The SMILES string of the molecule is C/C=C1/C=C(C)C=C/C1=N/C(=C/SCC)c1cc2ncc(C(F)(F)F)cc2[nH]1. The second kappa shape index (κ2) is 8.22. The van der Waals surface area contributed by atoms with Crippen LogP contribution in [-0.4, -0.2) is 21.4 Å². The van der Waals surface area contributed by atoms with Crippen LogP contribution >= 0.6 is 11.8 Å². The molecular weight excluding hydrogens is 383 g/mol. The third-order valence-corrected chi connectivity index (χ3v) is 4.89. The van der Waals surface area contributed by atoms with Crippen molar-refractivity contribution >= 4 is 34.2 Å². The molecule has 0 fully saturated rings. The van der Waals surface area contributed by atoms with Gasteiger partial charge in [0, 0.05) is 6.20 Å². The largest absolute Gasteiger partial charge is 0.417 e. The minimum atomic E-state index is -4.43. The highest BCUT2D eigenvalue weighted by Crippen LogP contribution is 2.31. The van der Waals surface area contributed by atoms with Gasteiger partial charge in [-0.05, 0) is 48.8 Å². The first-order valence-corrected chi connectivity index (χ1v) is 9.86. The molecule has 3 rings (SSSR count). The molecule has 146 valence electrons. The fraction of sp³-hybridized carbons (Fsp3) is 0.238. The molecule has 0 saturated heterocycles. The number of pyridine rings is 1. The molecule has 2 aromatic heterocycles. The highest BCUT2D eigenvalue weighted by molar-refractivity contribution is 8.02. The van der Waals surface area contributed by atoms with E-state index in [4.69, 9.17) is 4.99 Å². The lowest BCUT2D eigenvalue weighted by molar-refractivity contribution is -0.137. The fourth-order valence-corrected chi connectivity index (χ4v) is 3.25. The summed E-state index contributed by atoms with van der Waals surface area (Å²) in [5, 5.41) is 1.91. The highest BCUT2D eigenvalue weighted by atomic mass is 32.2. The third kappa shape index (κ3) is 4.47. The van der Waals surface area contributed by atoms with E-state index < -0.39 is 11.7 Å². The number of hydrogen-bond acceptors (Lipinski definition) is 3. The monoisotopic (exact) mass is 403 g/mol. The van der Waals surface area contributed by atoms with Crippen molar-refractivity contribution in [3.63, 3.8) is 0 Å². The van der Waals surface area contributed by atoms with E-state index in [-0.39, 0.29) is 0 Å². The first-order valence-electron chi connectivity index (χ1n) is 8.81. The van der Waals surface area contributed by atoms with E-state index in [0.717, 1.165) is 34.9 Å². The van der Waals surface area contributed by atoms with Crippen LogP contribution < -0.4 is 0 Å². The van der Waals surface area contributed by atoms with Crippen LogP contribution in [0.15, 0.2) is 64.2 Å². The van der Waals surface area contributed by atoms with E-state index in [1.807, 2.05) is 50.5 Å². The van der Waals surface area contributed by atoms with Crippen LogP contribution in [0.2, 0.25) is 0 Å². The topological polar surface area (TPSA) is 41.0 Å². The first kappa shape index (κ1) is 20.2. The van der Waals surface area contributed by atoms with E-state index in [9.17, 15) is 13.2 Å². The number of halogens is 3. The molecule has 2 heterocycles. The smallest absolute Gasteiger partial charge is 0.352 e. The summed E-state index contributed by atoms with van der Waals surface area (Å²) >= 11 is 1.58. The number of H-pyrrole nitrogens is 1. The van der Waals surface area contributed by atoms with Crippen LogP contribution in [0.5, 0.6) is 0 Å². The molecule has 7 heteroatoms. The lowest BCUT2D eigenvalue weighted by Crippen LogP contribution is -2.04. The van der Waals surface area contributed by atoms with Gasteiger partial charge in [-0.25, -0.2) is 4.99 Å². The van der Waals surface area contributed by atoms with Gasteiger partial charge < -0.3 is 4.98 Å². The summed E-state index contributed by atoms with van der Waals surface area (Å²) in [4.78, 5) is 11.8. The summed E-state index contributed by atoms with van der Waals surface area (Å²) in [6.45, 7) is 5.99. The van der Waals surface area contributed by atoms with Gasteiger partial charge in [0.15, 0.2) is 0 Å². The normalized spacial score (nSPS) is 18.4. The Hall–Kier alpha value is -2.54. The summed E-state index contributed by atoms with van der Waals surface area (Å²) in [5.74, 6) is 0.858. The van der Waals surface area contributed by atoms with Crippen LogP contribution in [0.3, 0.4) is 0 Å². The van der Waals surface area contributed by atoms with E-state index in [0.29, 0.717) is 22.4 Å². The maximum absolute atomic E-state index is 13.0. The van der Waals surface area contributed by atoms with Crippen molar-refractivity contribution < 1.29 is 13.2 Å². The minimum Gasteiger partial charge on any atom is -0.352 e. The number of rotatable bonds is 4. The van der Waals surface area contributed by atoms with E-state index >= 15 is 0 Å². The van der Waals surface area contributed by atoms with Gasteiger partial charge in [0.2, 0.25) is 0 Å². The maximum atomic E-state index is 13.0. The molecule has 0 atom stereocenters. The molecule has 1 N–H and O–H groups in total. The number of nitrogens with one attached hydrogen (secondary N) is 1. The average molecular weight is 403 g/mol. The molecule has 0 aliphatic heterocycles. The predicted molar refractivity (Wildman–Crippen MR) is 111 cm³/mol. The Morgan fingerprint density at radius 1 is 1.29 bits per heavy atom. The molecule has 0 bridgehead atoms. The third-order valence-electron chi connectivity index (χ3n) is 4.17. The second-order valence-corrected chi connectivity index (χ2v) is 7.41.